The Kier molecular flexibility index (Phi) is 4.05. The summed E-state index contributed by atoms with van der Waals surface area (Å²) in [6.45, 7) is 0.189. The molecule has 1 aromatic carbocycles. The molecule has 0 atom stereocenters. The van der Waals surface area contributed by atoms with Crippen LogP contribution in [0.25, 0.3) is 23.0 Å². The van der Waals surface area contributed by atoms with Gasteiger partial charge in [0.25, 0.3) is 5.89 Å². The third kappa shape index (κ3) is 3.24. The Morgan fingerprint density at radius 1 is 1.19 bits per heavy atom. The lowest BCUT2D eigenvalue weighted by Gasteiger charge is -1.94. The van der Waals surface area contributed by atoms with Crippen LogP contribution in [0, 0.1) is 10.1 Å². The summed E-state index contributed by atoms with van der Waals surface area (Å²) in [5, 5.41) is 26.4. The monoisotopic (exact) mass is 416 g/mol. The Hall–Kier alpha value is -3.34. The molecular formula is C15H9BrN6O4. The van der Waals surface area contributed by atoms with Gasteiger partial charge in [0.2, 0.25) is 5.89 Å². The second-order valence-electron chi connectivity index (χ2n) is 5.25. The molecule has 0 saturated carbocycles. The number of hydrogen-bond donors (Lipinski definition) is 0. The molecule has 0 aliphatic heterocycles. The fourth-order valence-corrected chi connectivity index (χ4v) is 2.48. The summed E-state index contributed by atoms with van der Waals surface area (Å²) in [4.78, 5) is 10.2. The van der Waals surface area contributed by atoms with Gasteiger partial charge >= 0.3 is 5.69 Å². The molecule has 0 aliphatic rings. The first-order valence-electron chi connectivity index (χ1n) is 7.31. The maximum atomic E-state index is 10.7. The molecule has 0 unspecified atom stereocenters. The average molecular weight is 417 g/mol. The summed E-state index contributed by atoms with van der Waals surface area (Å²) in [5.74, 6) is 1.02. The summed E-state index contributed by atoms with van der Waals surface area (Å²) in [6, 6.07) is 9.06. The van der Waals surface area contributed by atoms with Gasteiger partial charge in [-0.05, 0) is 24.3 Å². The summed E-state index contributed by atoms with van der Waals surface area (Å²) in [5.41, 5.74) is 1.05. The SMILES string of the molecule is O=[N+]([O-])c1cnn(Cc2cc(-c3nnc(-c4ccc(Br)cc4)o3)no2)c1. The Bertz CT molecular complexity index is 1070. The van der Waals surface area contributed by atoms with Crippen LogP contribution < -0.4 is 0 Å². The number of benzene rings is 1. The average Bonchev–Trinajstić information content (AvgIpc) is 3.36. The van der Waals surface area contributed by atoms with Gasteiger partial charge in [0, 0.05) is 16.1 Å². The minimum Gasteiger partial charge on any atom is -0.414 e. The summed E-state index contributed by atoms with van der Waals surface area (Å²) >= 11 is 3.37. The largest absolute Gasteiger partial charge is 0.414 e. The molecule has 4 aromatic rings. The maximum absolute atomic E-state index is 10.7. The van der Waals surface area contributed by atoms with Crippen LogP contribution in [0.15, 0.2) is 56.1 Å². The minimum atomic E-state index is -0.516. The molecule has 0 amide bonds. The van der Waals surface area contributed by atoms with E-state index in [2.05, 4.69) is 36.4 Å². The Morgan fingerprint density at radius 2 is 1.96 bits per heavy atom. The van der Waals surface area contributed by atoms with Crippen molar-refractivity contribution in [1.82, 2.24) is 25.1 Å². The van der Waals surface area contributed by atoms with Gasteiger partial charge < -0.3 is 8.94 Å². The number of aromatic nitrogens is 5. The fraction of sp³-hybridized carbons (Fsp3) is 0.0667. The predicted octanol–water partition coefficient (Wildman–Crippen LogP) is 3.31. The Morgan fingerprint density at radius 3 is 2.69 bits per heavy atom. The predicted molar refractivity (Wildman–Crippen MR) is 90.9 cm³/mol. The van der Waals surface area contributed by atoms with E-state index >= 15 is 0 Å². The molecule has 0 spiro atoms. The summed E-state index contributed by atoms with van der Waals surface area (Å²) in [6.07, 6.45) is 2.47. The lowest BCUT2D eigenvalue weighted by atomic mass is 10.2. The molecule has 10 nitrogen and oxygen atoms in total. The number of halogens is 1. The first kappa shape index (κ1) is 16.1. The van der Waals surface area contributed by atoms with Gasteiger partial charge in [-0.2, -0.15) is 5.10 Å². The Labute approximate surface area is 153 Å². The van der Waals surface area contributed by atoms with E-state index in [1.165, 1.54) is 17.1 Å². The molecule has 0 N–H and O–H groups in total. The van der Waals surface area contributed by atoms with Gasteiger partial charge in [-0.1, -0.05) is 21.1 Å². The zero-order valence-corrected chi connectivity index (χ0v) is 14.5. The van der Waals surface area contributed by atoms with Crippen LogP contribution in [0.1, 0.15) is 5.76 Å². The van der Waals surface area contributed by atoms with Crippen molar-refractivity contribution in [2.75, 3.05) is 0 Å². The fourth-order valence-electron chi connectivity index (χ4n) is 2.22. The van der Waals surface area contributed by atoms with Gasteiger partial charge in [-0.15, -0.1) is 10.2 Å². The van der Waals surface area contributed by atoms with Crippen molar-refractivity contribution >= 4 is 21.6 Å². The van der Waals surface area contributed by atoms with Crippen LogP contribution in [-0.2, 0) is 6.54 Å². The number of nitrogens with zero attached hydrogens (tertiary/aromatic N) is 6. The van der Waals surface area contributed by atoms with E-state index in [4.69, 9.17) is 8.94 Å². The number of rotatable bonds is 5. The highest BCUT2D eigenvalue weighted by molar-refractivity contribution is 9.10. The van der Waals surface area contributed by atoms with E-state index in [9.17, 15) is 10.1 Å². The first-order valence-corrected chi connectivity index (χ1v) is 8.10. The first-order chi connectivity index (χ1) is 12.6. The topological polar surface area (TPSA) is 126 Å². The third-order valence-electron chi connectivity index (χ3n) is 3.44. The number of hydrogen-bond acceptors (Lipinski definition) is 8. The Balaban J connectivity index is 1.52. The van der Waals surface area contributed by atoms with E-state index in [0.717, 1.165) is 10.0 Å². The molecule has 0 fully saturated rings. The zero-order valence-electron chi connectivity index (χ0n) is 12.9. The summed E-state index contributed by atoms with van der Waals surface area (Å²) in [7, 11) is 0. The van der Waals surface area contributed by atoms with Crippen molar-refractivity contribution in [3.8, 4) is 23.0 Å². The van der Waals surface area contributed by atoms with Crippen LogP contribution in [-0.4, -0.2) is 30.1 Å². The van der Waals surface area contributed by atoms with E-state index in [-0.39, 0.29) is 18.1 Å². The van der Waals surface area contributed by atoms with Crippen molar-refractivity contribution in [1.29, 1.82) is 0 Å². The van der Waals surface area contributed by atoms with Crippen LogP contribution in [0.3, 0.4) is 0 Å². The van der Waals surface area contributed by atoms with E-state index < -0.39 is 4.92 Å². The molecule has 11 heteroatoms. The molecule has 0 bridgehead atoms. The highest BCUT2D eigenvalue weighted by Gasteiger charge is 2.16. The highest BCUT2D eigenvalue weighted by atomic mass is 79.9. The molecule has 4 rings (SSSR count). The van der Waals surface area contributed by atoms with Crippen LogP contribution >= 0.6 is 15.9 Å². The second kappa shape index (κ2) is 6.52. The normalized spacial score (nSPS) is 11.0. The minimum absolute atomic E-state index is 0.0965. The second-order valence-corrected chi connectivity index (χ2v) is 6.17. The van der Waals surface area contributed by atoms with Gasteiger partial charge in [0.15, 0.2) is 11.5 Å². The molecule has 0 radical (unpaired) electrons. The zero-order chi connectivity index (χ0) is 18.1. The van der Waals surface area contributed by atoms with Crippen molar-refractivity contribution < 1.29 is 13.9 Å². The standard InChI is InChI=1S/C15H9BrN6O4/c16-10-3-1-9(2-4-10)14-18-19-15(25-14)13-5-12(26-20-13)8-21-7-11(6-17-21)22(23)24/h1-7H,8H2. The van der Waals surface area contributed by atoms with Gasteiger partial charge in [0.05, 0.1) is 4.92 Å². The molecule has 0 aliphatic carbocycles. The van der Waals surface area contributed by atoms with Gasteiger partial charge in [0.1, 0.15) is 18.9 Å². The molecule has 3 heterocycles. The molecule has 26 heavy (non-hydrogen) atoms. The number of nitro groups is 1. The van der Waals surface area contributed by atoms with E-state index in [0.29, 0.717) is 17.3 Å². The van der Waals surface area contributed by atoms with E-state index in [1.807, 2.05) is 24.3 Å². The van der Waals surface area contributed by atoms with Crippen LogP contribution in [0.2, 0.25) is 0 Å². The molecular weight excluding hydrogens is 408 g/mol. The lowest BCUT2D eigenvalue weighted by Crippen LogP contribution is -1.98. The smallest absolute Gasteiger partial charge is 0.307 e. The van der Waals surface area contributed by atoms with Crippen LogP contribution in [0.5, 0.6) is 0 Å². The van der Waals surface area contributed by atoms with Crippen molar-refractivity contribution in [3.05, 3.63) is 63.1 Å². The van der Waals surface area contributed by atoms with Gasteiger partial charge in [-0.25, -0.2) is 0 Å². The van der Waals surface area contributed by atoms with Crippen LogP contribution in [0.4, 0.5) is 5.69 Å². The molecule has 0 saturated heterocycles. The summed E-state index contributed by atoms with van der Waals surface area (Å²) < 4.78 is 13.2. The van der Waals surface area contributed by atoms with Gasteiger partial charge in [-0.3, -0.25) is 14.8 Å². The molecule has 130 valence electrons. The van der Waals surface area contributed by atoms with Crippen molar-refractivity contribution in [3.63, 3.8) is 0 Å². The third-order valence-corrected chi connectivity index (χ3v) is 3.97. The highest BCUT2D eigenvalue weighted by Crippen LogP contribution is 2.25. The van der Waals surface area contributed by atoms with E-state index in [1.54, 1.807) is 6.07 Å². The maximum Gasteiger partial charge on any atom is 0.307 e. The quantitative estimate of drug-likeness (QED) is 0.358. The van der Waals surface area contributed by atoms with Crippen molar-refractivity contribution in [2.45, 2.75) is 6.54 Å². The lowest BCUT2D eigenvalue weighted by molar-refractivity contribution is -0.385. The van der Waals surface area contributed by atoms with Crippen molar-refractivity contribution in [2.24, 2.45) is 0 Å². The molecule has 3 aromatic heterocycles.